The summed E-state index contributed by atoms with van der Waals surface area (Å²) in [5.41, 5.74) is 1.92. The number of hydrogen-bond acceptors (Lipinski definition) is 7. The molecule has 146 valence electrons. The minimum absolute atomic E-state index is 0.0437. The highest BCUT2D eigenvalue weighted by Crippen LogP contribution is 2.28. The average molecular weight is 410 g/mol. The van der Waals surface area contributed by atoms with Crippen molar-refractivity contribution in [3.8, 4) is 11.5 Å². The third-order valence-electron chi connectivity index (χ3n) is 4.57. The van der Waals surface area contributed by atoms with Crippen molar-refractivity contribution in [2.24, 2.45) is 0 Å². The van der Waals surface area contributed by atoms with E-state index in [9.17, 15) is 13.2 Å². The number of aromatic nitrogens is 2. The Morgan fingerprint density at radius 3 is 2.81 bits per heavy atom. The zero-order valence-electron chi connectivity index (χ0n) is 15.6. The van der Waals surface area contributed by atoms with Crippen LogP contribution in [0.4, 0.5) is 0 Å². The number of thioether (sulfide) groups is 1. The Hall–Kier alpha value is -1.87. The fraction of sp³-hybridized carbons (Fsp3) is 0.500. The second kappa shape index (κ2) is 8.02. The molecule has 7 nitrogen and oxygen atoms in total. The lowest BCUT2D eigenvalue weighted by atomic mass is 10.1. The number of rotatable bonds is 6. The van der Waals surface area contributed by atoms with E-state index in [-0.39, 0.29) is 23.5 Å². The Morgan fingerprint density at radius 1 is 1.41 bits per heavy atom. The van der Waals surface area contributed by atoms with E-state index < -0.39 is 15.1 Å². The Balaban J connectivity index is 1.67. The van der Waals surface area contributed by atoms with Crippen LogP contribution in [-0.4, -0.2) is 58.8 Å². The van der Waals surface area contributed by atoms with Gasteiger partial charge in [-0.15, -0.1) is 10.2 Å². The minimum Gasteiger partial charge on any atom is -0.411 e. The molecule has 0 radical (unpaired) electrons. The fourth-order valence-electron chi connectivity index (χ4n) is 3.20. The summed E-state index contributed by atoms with van der Waals surface area (Å²) in [6.45, 7) is 6.10. The van der Waals surface area contributed by atoms with Crippen molar-refractivity contribution >= 4 is 27.5 Å². The van der Waals surface area contributed by atoms with E-state index >= 15 is 0 Å². The second-order valence-electron chi connectivity index (χ2n) is 6.68. The van der Waals surface area contributed by atoms with Gasteiger partial charge in [0.2, 0.25) is 11.8 Å². The van der Waals surface area contributed by atoms with Gasteiger partial charge in [0.1, 0.15) is 0 Å². The van der Waals surface area contributed by atoms with Crippen LogP contribution >= 0.6 is 11.8 Å². The molecule has 1 aliphatic rings. The van der Waals surface area contributed by atoms with Crippen LogP contribution in [0.1, 0.15) is 25.8 Å². The molecule has 1 aromatic heterocycles. The van der Waals surface area contributed by atoms with Crippen LogP contribution < -0.4 is 0 Å². The summed E-state index contributed by atoms with van der Waals surface area (Å²) in [7, 11) is -3.04. The highest BCUT2D eigenvalue weighted by molar-refractivity contribution is 8.00. The number of carbonyl (C=O) groups is 1. The molecule has 0 saturated carbocycles. The summed E-state index contributed by atoms with van der Waals surface area (Å²) in [6.07, 6.45) is 0.497. The number of sulfone groups is 1. The van der Waals surface area contributed by atoms with Crippen LogP contribution in [0, 0.1) is 6.92 Å². The van der Waals surface area contributed by atoms with Crippen molar-refractivity contribution in [2.75, 3.05) is 18.1 Å². The molecule has 3 rings (SSSR count). The molecule has 0 unspecified atom stereocenters. The Labute approximate surface area is 163 Å². The Bertz CT molecular complexity index is 926. The van der Waals surface area contributed by atoms with Crippen LogP contribution in [0.3, 0.4) is 0 Å². The summed E-state index contributed by atoms with van der Waals surface area (Å²) >= 11 is 1.19. The molecular weight excluding hydrogens is 386 g/mol. The van der Waals surface area contributed by atoms with Gasteiger partial charge in [0.05, 0.1) is 16.8 Å². The molecule has 1 aliphatic heterocycles. The fourth-order valence-corrected chi connectivity index (χ4v) is 5.69. The van der Waals surface area contributed by atoms with Gasteiger partial charge in [-0.05, 0) is 39.3 Å². The second-order valence-corrected chi connectivity index (χ2v) is 10.2. The highest BCUT2D eigenvalue weighted by Gasteiger charge is 2.35. The van der Waals surface area contributed by atoms with E-state index in [0.29, 0.717) is 24.1 Å². The lowest BCUT2D eigenvalue weighted by Gasteiger charge is -2.28. The van der Waals surface area contributed by atoms with Crippen molar-refractivity contribution in [1.29, 1.82) is 0 Å². The van der Waals surface area contributed by atoms with E-state index in [1.54, 1.807) is 11.8 Å². The third kappa shape index (κ3) is 4.70. The van der Waals surface area contributed by atoms with Crippen molar-refractivity contribution in [3.05, 3.63) is 29.8 Å². The third-order valence-corrected chi connectivity index (χ3v) is 7.24. The molecule has 2 heterocycles. The summed E-state index contributed by atoms with van der Waals surface area (Å²) in [6, 6.07) is 7.50. The Morgan fingerprint density at radius 2 is 2.19 bits per heavy atom. The monoisotopic (exact) mass is 409 g/mol. The van der Waals surface area contributed by atoms with Crippen LogP contribution in [-0.2, 0) is 14.6 Å². The standard InChI is InChI=1S/C18H23N3O4S2/c1-4-21(15-8-9-27(23,24)11-15)17(22)13(3)26-18-20-19-16(25-18)14-7-5-6-12(2)10-14/h5-7,10,13,15H,4,8-9,11H2,1-3H3/t13-,15+/m1/s1. The first kappa shape index (κ1) is 19.9. The first-order valence-electron chi connectivity index (χ1n) is 8.87. The van der Waals surface area contributed by atoms with Gasteiger partial charge >= 0.3 is 0 Å². The van der Waals surface area contributed by atoms with Crippen molar-refractivity contribution in [1.82, 2.24) is 15.1 Å². The van der Waals surface area contributed by atoms with E-state index in [1.165, 1.54) is 11.8 Å². The normalized spacial score (nSPS) is 19.7. The quantitative estimate of drug-likeness (QED) is 0.677. The number of amides is 1. The number of nitrogens with zero attached hydrogens (tertiary/aromatic N) is 3. The zero-order chi connectivity index (χ0) is 19.6. The molecular formula is C18H23N3O4S2. The highest BCUT2D eigenvalue weighted by atomic mass is 32.2. The van der Waals surface area contributed by atoms with Crippen molar-refractivity contribution in [2.45, 2.75) is 43.7 Å². The van der Waals surface area contributed by atoms with Crippen LogP contribution in [0.25, 0.3) is 11.5 Å². The first-order valence-corrected chi connectivity index (χ1v) is 11.6. The molecule has 1 amide bonds. The van der Waals surface area contributed by atoms with Gasteiger partial charge in [0.15, 0.2) is 9.84 Å². The average Bonchev–Trinajstić information content (AvgIpc) is 3.22. The molecule has 0 bridgehead atoms. The van der Waals surface area contributed by atoms with E-state index in [1.807, 2.05) is 38.1 Å². The molecule has 0 N–H and O–H groups in total. The van der Waals surface area contributed by atoms with Gasteiger partial charge in [-0.3, -0.25) is 4.79 Å². The van der Waals surface area contributed by atoms with Crippen LogP contribution in [0.5, 0.6) is 0 Å². The lowest BCUT2D eigenvalue weighted by molar-refractivity contribution is -0.131. The van der Waals surface area contributed by atoms with Gasteiger partial charge in [-0.25, -0.2) is 8.42 Å². The molecule has 27 heavy (non-hydrogen) atoms. The maximum Gasteiger partial charge on any atom is 0.277 e. The van der Waals surface area contributed by atoms with Gasteiger partial charge in [0.25, 0.3) is 5.22 Å². The predicted octanol–water partition coefficient (Wildman–Crippen LogP) is 2.56. The molecule has 0 spiro atoms. The molecule has 1 saturated heterocycles. The smallest absolute Gasteiger partial charge is 0.277 e. The van der Waals surface area contributed by atoms with E-state index in [0.717, 1.165) is 11.1 Å². The summed E-state index contributed by atoms with van der Waals surface area (Å²) in [5.74, 6) is 0.490. The molecule has 2 atom stereocenters. The maximum atomic E-state index is 12.8. The topological polar surface area (TPSA) is 93.4 Å². The van der Waals surface area contributed by atoms with Gasteiger partial charge in [-0.2, -0.15) is 0 Å². The number of carbonyl (C=O) groups excluding carboxylic acids is 1. The maximum absolute atomic E-state index is 12.8. The first-order chi connectivity index (χ1) is 12.8. The molecule has 2 aromatic rings. The molecule has 1 fully saturated rings. The Kier molecular flexibility index (Phi) is 5.90. The summed E-state index contributed by atoms with van der Waals surface area (Å²) in [5, 5.41) is 7.97. The van der Waals surface area contributed by atoms with Gasteiger partial charge < -0.3 is 9.32 Å². The molecule has 9 heteroatoms. The lowest BCUT2D eigenvalue weighted by Crippen LogP contribution is -2.44. The zero-order valence-corrected chi connectivity index (χ0v) is 17.2. The number of benzene rings is 1. The number of aryl methyl sites for hydroxylation is 1. The van der Waals surface area contributed by atoms with E-state index in [4.69, 9.17) is 4.42 Å². The van der Waals surface area contributed by atoms with Crippen molar-refractivity contribution < 1.29 is 17.6 Å². The predicted molar refractivity (Wildman–Crippen MR) is 104 cm³/mol. The van der Waals surface area contributed by atoms with Crippen LogP contribution in [0.15, 0.2) is 33.9 Å². The van der Waals surface area contributed by atoms with Gasteiger partial charge in [-0.1, -0.05) is 29.5 Å². The summed E-state index contributed by atoms with van der Waals surface area (Å²) < 4.78 is 29.2. The summed E-state index contributed by atoms with van der Waals surface area (Å²) in [4.78, 5) is 14.5. The molecule has 0 aliphatic carbocycles. The number of hydrogen-bond donors (Lipinski definition) is 0. The van der Waals surface area contributed by atoms with Crippen LogP contribution in [0.2, 0.25) is 0 Å². The van der Waals surface area contributed by atoms with Gasteiger partial charge in [0, 0.05) is 18.2 Å². The SMILES string of the molecule is CCN(C(=O)[C@@H](C)Sc1nnc(-c2cccc(C)c2)o1)[C@H]1CCS(=O)(=O)C1. The van der Waals surface area contributed by atoms with Crippen molar-refractivity contribution in [3.63, 3.8) is 0 Å². The largest absolute Gasteiger partial charge is 0.411 e. The molecule has 1 aromatic carbocycles. The minimum atomic E-state index is -3.04. The van der Waals surface area contributed by atoms with E-state index in [2.05, 4.69) is 10.2 Å².